The summed E-state index contributed by atoms with van der Waals surface area (Å²) >= 11 is 0. The number of nitrogen functional groups attached to an aromatic ring is 1. The molecule has 0 aliphatic heterocycles. The lowest BCUT2D eigenvalue weighted by Crippen LogP contribution is -3.00. The number of aromatic nitrogens is 3. The molecule has 0 bridgehead atoms. The van der Waals surface area contributed by atoms with E-state index in [0.717, 1.165) is 11.9 Å². The zero-order valence-corrected chi connectivity index (χ0v) is 13.7. The third-order valence-corrected chi connectivity index (χ3v) is 3.30. The van der Waals surface area contributed by atoms with Crippen molar-refractivity contribution < 1.29 is 21.7 Å². The Morgan fingerprint density at radius 1 is 1.23 bits per heavy atom. The van der Waals surface area contributed by atoms with Crippen LogP contribution in [-0.2, 0) is 13.5 Å². The van der Waals surface area contributed by atoms with E-state index in [4.69, 9.17) is 10.5 Å². The number of aryl methyl sites for hydroxylation is 1. The van der Waals surface area contributed by atoms with Crippen LogP contribution in [0.3, 0.4) is 0 Å². The Bertz CT molecular complexity index is 745. The molecule has 3 aromatic rings. The molecule has 0 unspecified atom stereocenters. The molecular weight excluding hydrogens is 323 g/mol. The summed E-state index contributed by atoms with van der Waals surface area (Å²) in [5.41, 5.74) is 8.69. The number of hydrogen-bond donors (Lipinski definition) is 1. The second-order valence-corrected chi connectivity index (χ2v) is 4.65. The average molecular weight is 341 g/mol. The van der Waals surface area contributed by atoms with Gasteiger partial charge in [-0.2, -0.15) is 0 Å². The van der Waals surface area contributed by atoms with Gasteiger partial charge in [-0.1, -0.05) is 12.1 Å². The molecule has 118 valence electrons. The molecule has 0 saturated carbocycles. The van der Waals surface area contributed by atoms with Crippen molar-refractivity contribution in [2.45, 2.75) is 6.42 Å². The van der Waals surface area contributed by atoms with Gasteiger partial charge in [0, 0.05) is 18.3 Å². The van der Waals surface area contributed by atoms with Crippen LogP contribution in [0.25, 0.3) is 5.52 Å². The summed E-state index contributed by atoms with van der Waals surface area (Å²) in [5.74, 6) is 0.495. The van der Waals surface area contributed by atoms with Crippen LogP contribution < -0.4 is 27.4 Å². The van der Waals surface area contributed by atoms with E-state index in [0.29, 0.717) is 18.2 Å². The number of hydrogen-bond acceptors (Lipinski definition) is 3. The number of anilines is 1. The molecule has 0 spiro atoms. The first-order valence-corrected chi connectivity index (χ1v) is 6.55. The van der Waals surface area contributed by atoms with Gasteiger partial charge < -0.3 is 22.9 Å². The van der Waals surface area contributed by atoms with Crippen LogP contribution in [0.5, 0.6) is 5.88 Å². The molecule has 0 amide bonds. The van der Waals surface area contributed by atoms with E-state index in [9.17, 15) is 0 Å². The minimum absolute atomic E-state index is 0. The number of fused-ring (bicyclic) bond motifs is 1. The molecular formula is C15H18Cl2N4O. The summed E-state index contributed by atoms with van der Waals surface area (Å²) < 4.78 is 9.52. The van der Waals surface area contributed by atoms with E-state index in [1.165, 1.54) is 5.69 Å². The van der Waals surface area contributed by atoms with Gasteiger partial charge in [0.25, 0.3) is 5.88 Å². The molecule has 0 aromatic carbocycles. The van der Waals surface area contributed by atoms with Gasteiger partial charge in [0.05, 0.1) is 18.5 Å². The number of halogens is 2. The maximum Gasteiger partial charge on any atom is 0.257 e. The summed E-state index contributed by atoms with van der Waals surface area (Å²) in [6.07, 6.45) is 4.69. The Labute approximate surface area is 141 Å². The first-order valence-electron chi connectivity index (χ1n) is 6.55. The van der Waals surface area contributed by atoms with Crippen LogP contribution >= 0.6 is 12.4 Å². The van der Waals surface area contributed by atoms with E-state index < -0.39 is 0 Å². The molecule has 2 N–H and O–H groups in total. The van der Waals surface area contributed by atoms with Gasteiger partial charge in [0.1, 0.15) is 12.7 Å². The maximum absolute atomic E-state index is 6.03. The van der Waals surface area contributed by atoms with Gasteiger partial charge in [0.15, 0.2) is 11.9 Å². The summed E-state index contributed by atoms with van der Waals surface area (Å²) in [6, 6.07) is 11.9. The Kier molecular flexibility index (Phi) is 6.46. The van der Waals surface area contributed by atoms with Gasteiger partial charge in [0.2, 0.25) is 0 Å². The van der Waals surface area contributed by atoms with Crippen molar-refractivity contribution in [3.05, 3.63) is 54.5 Å². The zero-order chi connectivity index (χ0) is 13.9. The monoisotopic (exact) mass is 340 g/mol. The van der Waals surface area contributed by atoms with E-state index in [2.05, 4.69) is 15.7 Å². The number of ether oxygens (including phenoxy) is 1. The van der Waals surface area contributed by atoms with Crippen molar-refractivity contribution in [1.82, 2.24) is 9.61 Å². The molecule has 0 radical (unpaired) electrons. The predicted molar refractivity (Wildman–Crippen MR) is 83.7 cm³/mol. The normalized spacial score (nSPS) is 9.86. The fourth-order valence-electron chi connectivity index (χ4n) is 2.17. The highest BCUT2D eigenvalue weighted by atomic mass is 35.5. The second-order valence-electron chi connectivity index (χ2n) is 4.65. The summed E-state index contributed by atoms with van der Waals surface area (Å²) in [4.78, 5) is 0. The Morgan fingerprint density at radius 2 is 2.00 bits per heavy atom. The standard InChI is InChI=1S/C15H17N4O.2ClH/c1-18-9-4-2-6-12(18)8-11-20-15-14(16)13-7-3-5-10-19(13)17-15;;/h2-7,9-10H,8,11,16H2,1H3;2*1H/q+1;;/p-1. The molecule has 7 heteroatoms. The van der Waals surface area contributed by atoms with Crippen LogP contribution in [0.1, 0.15) is 5.69 Å². The largest absolute Gasteiger partial charge is 1.00 e. The summed E-state index contributed by atoms with van der Waals surface area (Å²) in [6.45, 7) is 0.548. The second kappa shape index (κ2) is 7.87. The number of pyridine rings is 2. The first-order chi connectivity index (χ1) is 9.75. The molecule has 3 rings (SSSR count). The van der Waals surface area contributed by atoms with Crippen LogP contribution in [0.4, 0.5) is 5.69 Å². The van der Waals surface area contributed by atoms with Crippen LogP contribution in [0.2, 0.25) is 0 Å². The minimum atomic E-state index is 0. The molecule has 0 saturated heterocycles. The lowest BCUT2D eigenvalue weighted by atomic mass is 10.3. The van der Waals surface area contributed by atoms with Crippen molar-refractivity contribution in [3.8, 4) is 5.88 Å². The van der Waals surface area contributed by atoms with Crippen molar-refractivity contribution in [2.24, 2.45) is 7.05 Å². The van der Waals surface area contributed by atoms with E-state index in [1.54, 1.807) is 4.52 Å². The number of nitrogens with two attached hydrogens (primary N) is 1. The van der Waals surface area contributed by atoms with Gasteiger partial charge in [-0.25, -0.2) is 9.08 Å². The third-order valence-electron chi connectivity index (χ3n) is 3.30. The number of rotatable bonds is 4. The van der Waals surface area contributed by atoms with E-state index >= 15 is 0 Å². The summed E-state index contributed by atoms with van der Waals surface area (Å²) in [5, 5.41) is 4.33. The quantitative estimate of drug-likeness (QED) is 0.606. The molecule has 0 aliphatic carbocycles. The molecule has 0 fully saturated rings. The highest BCUT2D eigenvalue weighted by Crippen LogP contribution is 2.24. The van der Waals surface area contributed by atoms with E-state index in [-0.39, 0.29) is 24.8 Å². The molecule has 3 heterocycles. The van der Waals surface area contributed by atoms with Crippen LogP contribution in [0.15, 0.2) is 48.8 Å². The van der Waals surface area contributed by atoms with Gasteiger partial charge in [-0.05, 0) is 12.1 Å². The highest BCUT2D eigenvalue weighted by molar-refractivity contribution is 5.85. The van der Waals surface area contributed by atoms with Crippen molar-refractivity contribution in [3.63, 3.8) is 0 Å². The molecule has 22 heavy (non-hydrogen) atoms. The average Bonchev–Trinajstić information content (AvgIpc) is 2.78. The molecule has 0 aliphatic rings. The van der Waals surface area contributed by atoms with Gasteiger partial charge in [-0.15, -0.1) is 17.5 Å². The maximum atomic E-state index is 6.03. The van der Waals surface area contributed by atoms with Gasteiger partial charge in [-0.3, -0.25) is 0 Å². The van der Waals surface area contributed by atoms with Crippen molar-refractivity contribution in [2.75, 3.05) is 12.3 Å². The van der Waals surface area contributed by atoms with E-state index in [1.807, 2.05) is 49.8 Å². The third kappa shape index (κ3) is 3.61. The van der Waals surface area contributed by atoms with Gasteiger partial charge >= 0.3 is 0 Å². The topological polar surface area (TPSA) is 56.4 Å². The highest BCUT2D eigenvalue weighted by Gasteiger charge is 2.11. The molecule has 0 atom stereocenters. The predicted octanol–water partition coefficient (Wildman–Crippen LogP) is -1.21. The zero-order valence-electron chi connectivity index (χ0n) is 12.1. The fourth-order valence-corrected chi connectivity index (χ4v) is 2.17. The van der Waals surface area contributed by atoms with Crippen LogP contribution in [-0.4, -0.2) is 16.2 Å². The fraction of sp³-hybridized carbons (Fsp3) is 0.200. The van der Waals surface area contributed by atoms with Crippen LogP contribution in [0, 0.1) is 0 Å². The lowest BCUT2D eigenvalue weighted by molar-refractivity contribution is -0.679. The Hall–Kier alpha value is -1.98. The number of nitrogens with zero attached hydrogens (tertiary/aromatic N) is 3. The molecule has 5 nitrogen and oxygen atoms in total. The Morgan fingerprint density at radius 3 is 2.73 bits per heavy atom. The SMILES string of the molecule is C[n+]1ccccc1CCOc1nn2ccccc2c1N.Cl.[Cl-]. The first kappa shape index (κ1) is 18.1. The minimum Gasteiger partial charge on any atom is -1.00 e. The van der Waals surface area contributed by atoms with Crippen molar-refractivity contribution in [1.29, 1.82) is 0 Å². The summed E-state index contributed by atoms with van der Waals surface area (Å²) in [7, 11) is 2.02. The molecule has 3 aromatic heterocycles. The Balaban J connectivity index is 0.00000121. The smallest absolute Gasteiger partial charge is 0.257 e. The van der Waals surface area contributed by atoms with Crippen molar-refractivity contribution >= 4 is 23.6 Å². The lowest BCUT2D eigenvalue weighted by Gasteiger charge is -2.02.